The summed E-state index contributed by atoms with van der Waals surface area (Å²) in [4.78, 5) is 16.6. The number of aromatic nitrogens is 3. The molecule has 22 heavy (non-hydrogen) atoms. The summed E-state index contributed by atoms with van der Waals surface area (Å²) in [6.45, 7) is 1.94. The Labute approximate surface area is 127 Å². The normalized spacial score (nSPS) is 11.2. The average molecular weight is 293 g/mol. The van der Waals surface area contributed by atoms with E-state index in [0.717, 1.165) is 11.1 Å². The molecule has 5 nitrogen and oxygen atoms in total. The van der Waals surface area contributed by atoms with Crippen LogP contribution in [-0.4, -0.2) is 27.5 Å². The van der Waals surface area contributed by atoms with E-state index < -0.39 is 0 Å². The molecule has 0 saturated heterocycles. The summed E-state index contributed by atoms with van der Waals surface area (Å²) in [5, 5.41) is 4.18. The molecule has 0 saturated carbocycles. The first kappa shape index (κ1) is 14.0. The number of ketones is 1. The van der Waals surface area contributed by atoms with Crippen molar-refractivity contribution in [1.82, 2.24) is 14.6 Å². The lowest BCUT2D eigenvalue weighted by Crippen LogP contribution is -1.99. The van der Waals surface area contributed by atoms with Crippen LogP contribution in [0.5, 0.6) is 5.75 Å². The van der Waals surface area contributed by atoms with Crippen LogP contribution in [0.15, 0.2) is 48.9 Å². The molecule has 5 heteroatoms. The van der Waals surface area contributed by atoms with Crippen molar-refractivity contribution in [2.24, 2.45) is 0 Å². The SMILES string of the molecule is COc1ccc(C)cc1C(=O)C=Cc1cnn2cccnc12. The molecule has 0 radical (unpaired) electrons. The molecule has 0 unspecified atom stereocenters. The molecule has 0 aliphatic heterocycles. The number of aryl methyl sites for hydroxylation is 1. The van der Waals surface area contributed by atoms with Crippen molar-refractivity contribution in [3.63, 3.8) is 0 Å². The zero-order chi connectivity index (χ0) is 15.5. The molecule has 2 heterocycles. The summed E-state index contributed by atoms with van der Waals surface area (Å²) in [6.07, 6.45) is 8.42. The van der Waals surface area contributed by atoms with Gasteiger partial charge in [-0.2, -0.15) is 5.10 Å². The van der Waals surface area contributed by atoms with Gasteiger partial charge < -0.3 is 4.74 Å². The molecule has 0 atom stereocenters. The first-order valence-electron chi connectivity index (χ1n) is 6.84. The van der Waals surface area contributed by atoms with Crippen LogP contribution >= 0.6 is 0 Å². The Morgan fingerprint density at radius 3 is 3.05 bits per heavy atom. The van der Waals surface area contributed by atoms with Crippen molar-refractivity contribution in [3.8, 4) is 5.75 Å². The highest BCUT2D eigenvalue weighted by atomic mass is 16.5. The number of allylic oxidation sites excluding steroid dienone is 1. The van der Waals surface area contributed by atoms with Crippen LogP contribution in [0, 0.1) is 6.92 Å². The van der Waals surface area contributed by atoms with Gasteiger partial charge in [0.25, 0.3) is 0 Å². The Morgan fingerprint density at radius 1 is 1.36 bits per heavy atom. The first-order chi connectivity index (χ1) is 10.7. The number of carbonyl (C=O) groups is 1. The van der Waals surface area contributed by atoms with Gasteiger partial charge in [0.05, 0.1) is 18.9 Å². The van der Waals surface area contributed by atoms with Crippen LogP contribution in [0.4, 0.5) is 0 Å². The fraction of sp³-hybridized carbons (Fsp3) is 0.118. The van der Waals surface area contributed by atoms with Gasteiger partial charge in [0, 0.05) is 18.0 Å². The lowest BCUT2D eigenvalue weighted by Gasteiger charge is -2.06. The van der Waals surface area contributed by atoms with Crippen molar-refractivity contribution < 1.29 is 9.53 Å². The monoisotopic (exact) mass is 293 g/mol. The number of fused-ring (bicyclic) bond motifs is 1. The van der Waals surface area contributed by atoms with Crippen LogP contribution < -0.4 is 4.74 Å². The molecule has 0 amide bonds. The Bertz CT molecular complexity index is 865. The van der Waals surface area contributed by atoms with Gasteiger partial charge in [-0.3, -0.25) is 4.79 Å². The topological polar surface area (TPSA) is 56.5 Å². The van der Waals surface area contributed by atoms with E-state index in [4.69, 9.17) is 4.74 Å². The van der Waals surface area contributed by atoms with E-state index in [1.807, 2.05) is 25.3 Å². The van der Waals surface area contributed by atoms with Crippen LogP contribution in [0.2, 0.25) is 0 Å². The Kier molecular flexibility index (Phi) is 3.70. The quantitative estimate of drug-likeness (QED) is 0.548. The van der Waals surface area contributed by atoms with E-state index in [9.17, 15) is 4.79 Å². The lowest BCUT2D eigenvalue weighted by atomic mass is 10.1. The molecule has 0 N–H and O–H groups in total. The molecule has 3 rings (SSSR count). The van der Waals surface area contributed by atoms with Crippen LogP contribution in [0.3, 0.4) is 0 Å². The van der Waals surface area contributed by atoms with Gasteiger partial charge in [0.15, 0.2) is 11.4 Å². The maximum atomic E-state index is 12.4. The summed E-state index contributed by atoms with van der Waals surface area (Å²) >= 11 is 0. The summed E-state index contributed by atoms with van der Waals surface area (Å²) < 4.78 is 6.91. The number of rotatable bonds is 4. The minimum absolute atomic E-state index is 0.115. The lowest BCUT2D eigenvalue weighted by molar-refractivity contribution is 0.104. The van der Waals surface area contributed by atoms with Gasteiger partial charge in [0.1, 0.15) is 5.75 Å². The summed E-state index contributed by atoms with van der Waals surface area (Å²) in [6, 6.07) is 7.33. The average Bonchev–Trinajstić information content (AvgIpc) is 2.96. The molecule has 110 valence electrons. The standard InChI is InChI=1S/C17H15N3O2/c1-12-4-7-16(22-2)14(10-12)15(21)6-5-13-11-19-20-9-3-8-18-17(13)20/h3-11H,1-2H3. The minimum Gasteiger partial charge on any atom is -0.496 e. The fourth-order valence-corrected chi connectivity index (χ4v) is 2.23. The third kappa shape index (κ3) is 2.61. The third-order valence-corrected chi connectivity index (χ3v) is 3.34. The minimum atomic E-state index is -0.115. The number of benzene rings is 1. The predicted molar refractivity (Wildman–Crippen MR) is 84.1 cm³/mol. The third-order valence-electron chi connectivity index (χ3n) is 3.34. The van der Waals surface area contributed by atoms with Gasteiger partial charge in [-0.05, 0) is 37.3 Å². The number of carbonyl (C=O) groups excluding carboxylic acids is 1. The molecular formula is C17H15N3O2. The zero-order valence-corrected chi connectivity index (χ0v) is 12.4. The van der Waals surface area contributed by atoms with E-state index in [1.54, 1.807) is 42.2 Å². The van der Waals surface area contributed by atoms with Gasteiger partial charge in [-0.25, -0.2) is 9.50 Å². The zero-order valence-electron chi connectivity index (χ0n) is 12.4. The number of hydrogen-bond donors (Lipinski definition) is 0. The second-order valence-corrected chi connectivity index (χ2v) is 4.89. The molecule has 2 aromatic heterocycles. The van der Waals surface area contributed by atoms with Crippen LogP contribution in [0.1, 0.15) is 21.5 Å². The highest BCUT2D eigenvalue weighted by Gasteiger charge is 2.10. The smallest absolute Gasteiger partial charge is 0.189 e. The molecule has 0 aliphatic rings. The Balaban J connectivity index is 1.92. The second-order valence-electron chi connectivity index (χ2n) is 4.89. The van der Waals surface area contributed by atoms with E-state index >= 15 is 0 Å². The van der Waals surface area contributed by atoms with Crippen molar-refractivity contribution in [3.05, 3.63) is 65.6 Å². The summed E-state index contributed by atoms with van der Waals surface area (Å²) in [5.41, 5.74) is 3.06. The van der Waals surface area contributed by atoms with Gasteiger partial charge >= 0.3 is 0 Å². The molecule has 0 fully saturated rings. The van der Waals surface area contributed by atoms with Crippen molar-refractivity contribution >= 4 is 17.5 Å². The molecule has 0 bridgehead atoms. The largest absolute Gasteiger partial charge is 0.496 e. The molecule has 0 aliphatic carbocycles. The van der Waals surface area contributed by atoms with E-state index in [-0.39, 0.29) is 5.78 Å². The predicted octanol–water partition coefficient (Wildman–Crippen LogP) is 2.94. The molecular weight excluding hydrogens is 278 g/mol. The van der Waals surface area contributed by atoms with Crippen LogP contribution in [0.25, 0.3) is 11.7 Å². The second kappa shape index (κ2) is 5.81. The van der Waals surface area contributed by atoms with Gasteiger partial charge in [0.2, 0.25) is 0 Å². The van der Waals surface area contributed by atoms with Crippen molar-refractivity contribution in [2.45, 2.75) is 6.92 Å². The Hall–Kier alpha value is -2.95. The molecule has 0 spiro atoms. The Morgan fingerprint density at radius 2 is 2.23 bits per heavy atom. The number of ether oxygens (including phenoxy) is 1. The number of methoxy groups -OCH3 is 1. The number of nitrogens with zero attached hydrogens (tertiary/aromatic N) is 3. The maximum absolute atomic E-state index is 12.4. The summed E-state index contributed by atoms with van der Waals surface area (Å²) in [7, 11) is 1.56. The highest BCUT2D eigenvalue weighted by Crippen LogP contribution is 2.21. The fourth-order valence-electron chi connectivity index (χ4n) is 2.23. The van der Waals surface area contributed by atoms with Gasteiger partial charge in [-0.15, -0.1) is 0 Å². The number of hydrogen-bond acceptors (Lipinski definition) is 4. The molecule has 3 aromatic rings. The van der Waals surface area contributed by atoms with Crippen LogP contribution in [-0.2, 0) is 0 Å². The van der Waals surface area contributed by atoms with Gasteiger partial charge in [-0.1, -0.05) is 11.6 Å². The van der Waals surface area contributed by atoms with Crippen molar-refractivity contribution in [2.75, 3.05) is 7.11 Å². The van der Waals surface area contributed by atoms with E-state index in [2.05, 4.69) is 10.1 Å². The van der Waals surface area contributed by atoms with E-state index in [0.29, 0.717) is 17.0 Å². The summed E-state index contributed by atoms with van der Waals surface area (Å²) in [5.74, 6) is 0.453. The molecule has 1 aromatic carbocycles. The first-order valence-corrected chi connectivity index (χ1v) is 6.84. The van der Waals surface area contributed by atoms with Crippen molar-refractivity contribution in [1.29, 1.82) is 0 Å². The van der Waals surface area contributed by atoms with E-state index in [1.165, 1.54) is 6.08 Å². The maximum Gasteiger partial charge on any atom is 0.189 e. The highest BCUT2D eigenvalue weighted by molar-refractivity contribution is 6.09.